The predicted molar refractivity (Wildman–Crippen MR) is 119 cm³/mol. The molecule has 148 valence electrons. The SMILES string of the molecule is COc1ccc(-c2nc3cnccc3o2)cc1NC(=O)c1sc2ccccc2c1Cl. The lowest BCUT2D eigenvalue weighted by atomic mass is 10.1. The summed E-state index contributed by atoms with van der Waals surface area (Å²) in [6, 6.07) is 14.7. The molecule has 0 saturated heterocycles. The number of anilines is 1. The summed E-state index contributed by atoms with van der Waals surface area (Å²) in [5.74, 6) is 0.636. The van der Waals surface area contributed by atoms with Crippen LogP contribution < -0.4 is 10.1 Å². The first kappa shape index (κ1) is 18.6. The molecule has 5 aromatic rings. The van der Waals surface area contributed by atoms with Crippen molar-refractivity contribution in [1.82, 2.24) is 9.97 Å². The van der Waals surface area contributed by atoms with Crippen LogP contribution in [0.15, 0.2) is 65.3 Å². The maximum atomic E-state index is 13.0. The molecule has 0 fully saturated rings. The van der Waals surface area contributed by atoms with Crippen molar-refractivity contribution in [2.24, 2.45) is 0 Å². The second kappa shape index (κ2) is 7.44. The lowest BCUT2D eigenvalue weighted by molar-refractivity contribution is 0.103. The van der Waals surface area contributed by atoms with Gasteiger partial charge in [-0.15, -0.1) is 11.3 Å². The van der Waals surface area contributed by atoms with E-state index < -0.39 is 0 Å². The highest BCUT2D eigenvalue weighted by Gasteiger charge is 2.19. The van der Waals surface area contributed by atoms with Crippen molar-refractivity contribution < 1.29 is 13.9 Å². The predicted octanol–water partition coefficient (Wildman–Crippen LogP) is 6.02. The monoisotopic (exact) mass is 435 g/mol. The van der Waals surface area contributed by atoms with Gasteiger partial charge >= 0.3 is 0 Å². The Morgan fingerprint density at radius 1 is 1.20 bits per heavy atom. The zero-order chi connectivity index (χ0) is 20.7. The van der Waals surface area contributed by atoms with Crippen molar-refractivity contribution >= 4 is 55.7 Å². The Morgan fingerprint density at radius 3 is 2.87 bits per heavy atom. The van der Waals surface area contributed by atoms with E-state index in [0.717, 1.165) is 10.1 Å². The largest absolute Gasteiger partial charge is 0.495 e. The maximum absolute atomic E-state index is 13.0. The zero-order valence-electron chi connectivity index (χ0n) is 15.7. The number of hydrogen-bond donors (Lipinski definition) is 1. The van der Waals surface area contributed by atoms with Gasteiger partial charge in [0.05, 0.1) is 24.0 Å². The van der Waals surface area contributed by atoms with Crippen molar-refractivity contribution in [3.8, 4) is 17.2 Å². The smallest absolute Gasteiger partial charge is 0.267 e. The van der Waals surface area contributed by atoms with E-state index in [1.807, 2.05) is 30.3 Å². The van der Waals surface area contributed by atoms with Crippen LogP contribution in [0.1, 0.15) is 9.67 Å². The normalized spacial score (nSPS) is 11.1. The van der Waals surface area contributed by atoms with E-state index in [4.69, 9.17) is 20.8 Å². The Hall–Kier alpha value is -3.42. The number of benzene rings is 2. The molecular weight excluding hydrogens is 422 g/mol. The minimum Gasteiger partial charge on any atom is -0.495 e. The van der Waals surface area contributed by atoms with Gasteiger partial charge in [0.25, 0.3) is 5.91 Å². The Kier molecular flexibility index (Phi) is 4.61. The summed E-state index contributed by atoms with van der Waals surface area (Å²) in [6.07, 6.45) is 3.28. The number of oxazole rings is 1. The van der Waals surface area contributed by atoms with Gasteiger partial charge in [-0.25, -0.2) is 4.98 Å². The van der Waals surface area contributed by atoms with E-state index in [1.54, 1.807) is 37.7 Å². The molecule has 0 spiro atoms. The van der Waals surface area contributed by atoms with Gasteiger partial charge in [-0.3, -0.25) is 9.78 Å². The summed E-state index contributed by atoms with van der Waals surface area (Å²) in [6.45, 7) is 0. The number of pyridine rings is 1. The summed E-state index contributed by atoms with van der Waals surface area (Å²) in [4.78, 5) is 21.9. The molecule has 1 amide bonds. The minimum atomic E-state index is -0.307. The maximum Gasteiger partial charge on any atom is 0.267 e. The highest BCUT2D eigenvalue weighted by atomic mass is 35.5. The first-order valence-corrected chi connectivity index (χ1v) is 10.2. The molecule has 30 heavy (non-hydrogen) atoms. The second-order valence-corrected chi connectivity index (χ2v) is 7.90. The number of hydrogen-bond acceptors (Lipinski definition) is 6. The van der Waals surface area contributed by atoms with Gasteiger partial charge in [0.15, 0.2) is 5.58 Å². The number of halogens is 1. The lowest BCUT2D eigenvalue weighted by Crippen LogP contribution is -2.11. The van der Waals surface area contributed by atoms with Crippen LogP contribution in [0, 0.1) is 0 Å². The third kappa shape index (κ3) is 3.18. The molecule has 0 bridgehead atoms. The van der Waals surface area contributed by atoms with Crippen molar-refractivity contribution in [1.29, 1.82) is 0 Å². The molecule has 3 aromatic heterocycles. The Bertz CT molecular complexity index is 1380. The number of nitrogens with one attached hydrogen (secondary N) is 1. The third-order valence-corrected chi connectivity index (χ3v) is 6.30. The topological polar surface area (TPSA) is 77.2 Å². The molecule has 0 saturated carbocycles. The van der Waals surface area contributed by atoms with Gasteiger partial charge < -0.3 is 14.5 Å². The molecule has 3 heterocycles. The number of rotatable bonds is 4. The summed E-state index contributed by atoms with van der Waals surface area (Å²) < 4.78 is 12.2. The van der Waals surface area contributed by atoms with Crippen molar-refractivity contribution in [3.05, 3.63) is 70.8 Å². The van der Waals surface area contributed by atoms with Gasteiger partial charge in [0.2, 0.25) is 5.89 Å². The molecule has 0 atom stereocenters. The number of thiophene rings is 1. The van der Waals surface area contributed by atoms with Crippen LogP contribution >= 0.6 is 22.9 Å². The number of carbonyl (C=O) groups is 1. The third-order valence-electron chi connectivity index (χ3n) is 4.63. The fourth-order valence-corrected chi connectivity index (χ4v) is 4.59. The van der Waals surface area contributed by atoms with Gasteiger partial charge in [0.1, 0.15) is 16.1 Å². The molecule has 5 rings (SSSR count). The van der Waals surface area contributed by atoms with Gasteiger partial charge in [-0.2, -0.15) is 0 Å². The number of amides is 1. The van der Waals surface area contributed by atoms with E-state index in [1.165, 1.54) is 11.3 Å². The lowest BCUT2D eigenvalue weighted by Gasteiger charge is -2.11. The Morgan fingerprint density at radius 2 is 2.07 bits per heavy atom. The van der Waals surface area contributed by atoms with Crippen LogP contribution in [0.5, 0.6) is 5.75 Å². The molecular formula is C22H14ClN3O3S. The average Bonchev–Trinajstić information content (AvgIpc) is 3.35. The molecule has 1 N–H and O–H groups in total. The Labute approximate surface area is 180 Å². The first-order valence-electron chi connectivity index (χ1n) is 9.01. The number of ether oxygens (including phenoxy) is 1. The highest BCUT2D eigenvalue weighted by molar-refractivity contribution is 7.21. The highest BCUT2D eigenvalue weighted by Crippen LogP contribution is 2.37. The summed E-state index contributed by atoms with van der Waals surface area (Å²) >= 11 is 7.80. The van der Waals surface area contributed by atoms with E-state index in [2.05, 4.69) is 15.3 Å². The van der Waals surface area contributed by atoms with Gasteiger partial charge in [-0.1, -0.05) is 29.8 Å². The average molecular weight is 436 g/mol. The van der Waals surface area contributed by atoms with Crippen LogP contribution in [0.4, 0.5) is 5.69 Å². The standard InChI is InChI=1S/C22H14ClN3O3S/c1-28-16-7-6-12(22-26-15-11-24-9-8-17(15)29-22)10-14(16)25-21(27)20-19(23)13-4-2-3-5-18(13)30-20/h2-11H,1H3,(H,25,27). The quantitative estimate of drug-likeness (QED) is 0.373. The van der Waals surface area contributed by atoms with Crippen LogP contribution in [-0.4, -0.2) is 23.0 Å². The van der Waals surface area contributed by atoms with E-state index in [-0.39, 0.29) is 5.91 Å². The second-order valence-electron chi connectivity index (χ2n) is 6.47. The molecule has 0 unspecified atom stereocenters. The fraction of sp³-hybridized carbons (Fsp3) is 0.0455. The number of aromatic nitrogens is 2. The summed E-state index contributed by atoms with van der Waals surface area (Å²) in [5, 5.41) is 4.20. The molecule has 0 radical (unpaired) electrons. The zero-order valence-corrected chi connectivity index (χ0v) is 17.3. The number of nitrogens with zero attached hydrogens (tertiary/aromatic N) is 2. The molecule has 0 aliphatic rings. The minimum absolute atomic E-state index is 0.307. The van der Waals surface area contributed by atoms with E-state index >= 15 is 0 Å². The van der Waals surface area contributed by atoms with Gasteiger partial charge in [-0.05, 0) is 24.3 Å². The van der Waals surface area contributed by atoms with Crippen LogP contribution in [0.2, 0.25) is 5.02 Å². The number of methoxy groups -OCH3 is 1. The molecule has 6 nitrogen and oxygen atoms in total. The van der Waals surface area contributed by atoms with Crippen LogP contribution in [0.3, 0.4) is 0 Å². The van der Waals surface area contributed by atoms with Crippen molar-refractivity contribution in [3.63, 3.8) is 0 Å². The number of carbonyl (C=O) groups excluding carboxylic acids is 1. The van der Waals surface area contributed by atoms with Crippen molar-refractivity contribution in [2.75, 3.05) is 12.4 Å². The molecule has 0 aliphatic heterocycles. The Balaban J connectivity index is 1.52. The molecule has 2 aromatic carbocycles. The summed E-state index contributed by atoms with van der Waals surface area (Å²) in [7, 11) is 1.54. The van der Waals surface area contributed by atoms with Crippen LogP contribution in [0.25, 0.3) is 32.6 Å². The van der Waals surface area contributed by atoms with E-state index in [0.29, 0.717) is 43.9 Å². The molecule has 8 heteroatoms. The summed E-state index contributed by atoms with van der Waals surface area (Å²) in [5.41, 5.74) is 2.49. The number of fused-ring (bicyclic) bond motifs is 2. The van der Waals surface area contributed by atoms with E-state index in [9.17, 15) is 4.79 Å². The molecule has 0 aliphatic carbocycles. The van der Waals surface area contributed by atoms with Crippen molar-refractivity contribution in [2.45, 2.75) is 0 Å². The fourth-order valence-electron chi connectivity index (χ4n) is 3.18. The first-order chi connectivity index (χ1) is 14.6. The van der Waals surface area contributed by atoms with Crippen LogP contribution in [-0.2, 0) is 0 Å². The van der Waals surface area contributed by atoms with Gasteiger partial charge in [0, 0.05) is 27.9 Å².